The van der Waals surface area contributed by atoms with Crippen LogP contribution in [0.3, 0.4) is 0 Å². The number of para-hydroxylation sites is 1. The molecule has 0 saturated heterocycles. The third-order valence-electron chi connectivity index (χ3n) is 3.00. The Morgan fingerprint density at radius 1 is 1.05 bits per heavy atom. The minimum absolute atomic E-state index is 0.402. The molecule has 0 aliphatic rings. The van der Waals surface area contributed by atoms with E-state index in [0.29, 0.717) is 20.9 Å². The maximum absolute atomic E-state index is 12.0. The maximum atomic E-state index is 12.0. The Labute approximate surface area is 142 Å². The molecule has 2 rings (SSSR count). The molecule has 2 N–H and O–H groups in total. The van der Waals surface area contributed by atoms with E-state index in [4.69, 9.17) is 11.6 Å². The molecule has 114 valence electrons. The summed E-state index contributed by atoms with van der Waals surface area (Å²) in [6.45, 7) is 3.73. The molecular weight excluding hydrogens is 368 g/mol. The van der Waals surface area contributed by atoms with Crippen LogP contribution in [0.4, 0.5) is 11.4 Å². The monoisotopic (exact) mass is 380 g/mol. The molecule has 0 atom stereocenters. The van der Waals surface area contributed by atoms with Crippen molar-refractivity contribution in [1.82, 2.24) is 0 Å². The molecule has 0 heterocycles. The number of anilines is 2. The zero-order valence-electron chi connectivity index (χ0n) is 12.0. The lowest BCUT2D eigenvalue weighted by Gasteiger charge is -2.12. The lowest BCUT2D eigenvalue weighted by molar-refractivity contribution is -0.133. The van der Waals surface area contributed by atoms with Crippen LogP contribution >= 0.6 is 27.5 Å². The Bertz CT molecular complexity index is 724. The van der Waals surface area contributed by atoms with Gasteiger partial charge in [0.25, 0.3) is 0 Å². The zero-order valence-corrected chi connectivity index (χ0v) is 14.4. The minimum atomic E-state index is -0.774. The summed E-state index contributed by atoms with van der Waals surface area (Å²) in [7, 11) is 0. The highest BCUT2D eigenvalue weighted by atomic mass is 79.9. The van der Waals surface area contributed by atoms with E-state index in [0.717, 1.165) is 11.1 Å². The van der Waals surface area contributed by atoms with Gasteiger partial charge in [-0.1, -0.05) is 29.8 Å². The first-order valence-corrected chi connectivity index (χ1v) is 7.69. The third kappa shape index (κ3) is 3.87. The fourth-order valence-electron chi connectivity index (χ4n) is 1.99. The van der Waals surface area contributed by atoms with Gasteiger partial charge in [0.05, 0.1) is 16.4 Å². The predicted octanol–water partition coefficient (Wildman–Crippen LogP) is 4.30. The first-order valence-electron chi connectivity index (χ1n) is 6.52. The van der Waals surface area contributed by atoms with Crippen molar-refractivity contribution in [2.24, 2.45) is 0 Å². The van der Waals surface area contributed by atoms with Crippen LogP contribution in [0.5, 0.6) is 0 Å². The van der Waals surface area contributed by atoms with E-state index in [1.165, 1.54) is 0 Å². The topological polar surface area (TPSA) is 58.2 Å². The van der Waals surface area contributed by atoms with Crippen LogP contribution < -0.4 is 10.6 Å². The van der Waals surface area contributed by atoms with Gasteiger partial charge in [0, 0.05) is 4.47 Å². The van der Waals surface area contributed by atoms with E-state index >= 15 is 0 Å². The number of carbonyl (C=O) groups excluding carboxylic acids is 2. The molecule has 0 radical (unpaired) electrons. The lowest BCUT2D eigenvalue weighted by Crippen LogP contribution is -2.29. The highest BCUT2D eigenvalue weighted by Crippen LogP contribution is 2.27. The van der Waals surface area contributed by atoms with Gasteiger partial charge in [-0.2, -0.15) is 0 Å². The van der Waals surface area contributed by atoms with Gasteiger partial charge in [0.15, 0.2) is 0 Å². The molecule has 4 nitrogen and oxygen atoms in total. The highest BCUT2D eigenvalue weighted by Gasteiger charge is 2.17. The number of nitrogens with one attached hydrogen (secondary N) is 2. The molecule has 2 aromatic rings. The molecule has 0 aliphatic heterocycles. The van der Waals surface area contributed by atoms with Crippen molar-refractivity contribution >= 4 is 50.7 Å². The molecule has 0 spiro atoms. The summed E-state index contributed by atoms with van der Waals surface area (Å²) in [5.41, 5.74) is 2.75. The van der Waals surface area contributed by atoms with Crippen LogP contribution in [0, 0.1) is 13.8 Å². The van der Waals surface area contributed by atoms with Gasteiger partial charge in [-0.15, -0.1) is 0 Å². The van der Waals surface area contributed by atoms with Crippen LogP contribution in [0.15, 0.2) is 40.9 Å². The van der Waals surface area contributed by atoms with Gasteiger partial charge in [0.2, 0.25) is 0 Å². The van der Waals surface area contributed by atoms with E-state index in [9.17, 15) is 9.59 Å². The van der Waals surface area contributed by atoms with Crippen molar-refractivity contribution in [3.05, 3.63) is 57.0 Å². The average molecular weight is 382 g/mol. The molecule has 0 unspecified atom stereocenters. The normalized spacial score (nSPS) is 10.2. The smallest absolute Gasteiger partial charge is 0.314 e. The maximum Gasteiger partial charge on any atom is 0.314 e. The standard InChI is InChI=1S/C16H14BrClN2O2/c1-9-7-10(2)14(12(18)8-9)20-16(22)15(21)19-13-6-4-3-5-11(13)17/h3-8H,1-2H3,(H,19,21)(H,20,22). The van der Waals surface area contributed by atoms with Crippen molar-refractivity contribution < 1.29 is 9.59 Å². The number of rotatable bonds is 2. The van der Waals surface area contributed by atoms with Crippen LogP contribution in [0.1, 0.15) is 11.1 Å². The second kappa shape index (κ2) is 6.94. The highest BCUT2D eigenvalue weighted by molar-refractivity contribution is 9.10. The Morgan fingerprint density at radius 3 is 2.32 bits per heavy atom. The summed E-state index contributed by atoms with van der Waals surface area (Å²) in [5, 5.41) is 5.49. The van der Waals surface area contributed by atoms with E-state index in [1.807, 2.05) is 26.0 Å². The summed E-state index contributed by atoms with van der Waals surface area (Å²) in [4.78, 5) is 24.0. The van der Waals surface area contributed by atoms with Crippen LogP contribution in [0.25, 0.3) is 0 Å². The number of halogens is 2. The Hall–Kier alpha value is -1.85. The molecule has 2 aromatic carbocycles. The van der Waals surface area contributed by atoms with Gasteiger partial charge >= 0.3 is 11.8 Å². The fraction of sp³-hybridized carbons (Fsp3) is 0.125. The first-order chi connectivity index (χ1) is 10.4. The molecule has 0 aromatic heterocycles. The van der Waals surface area contributed by atoms with Crippen molar-refractivity contribution in [3.63, 3.8) is 0 Å². The summed E-state index contributed by atoms with van der Waals surface area (Å²) >= 11 is 9.42. The molecule has 0 bridgehead atoms. The van der Waals surface area contributed by atoms with Gasteiger partial charge in [0.1, 0.15) is 0 Å². The van der Waals surface area contributed by atoms with E-state index in [2.05, 4.69) is 26.6 Å². The fourth-order valence-corrected chi connectivity index (χ4v) is 2.74. The molecule has 0 aliphatic carbocycles. The molecule has 0 saturated carbocycles. The zero-order chi connectivity index (χ0) is 16.3. The Morgan fingerprint density at radius 2 is 1.68 bits per heavy atom. The van der Waals surface area contributed by atoms with Gasteiger partial charge in [-0.25, -0.2) is 0 Å². The quantitative estimate of drug-likeness (QED) is 0.762. The van der Waals surface area contributed by atoms with Crippen LogP contribution in [-0.2, 0) is 9.59 Å². The third-order valence-corrected chi connectivity index (χ3v) is 3.99. The second-order valence-electron chi connectivity index (χ2n) is 4.83. The van der Waals surface area contributed by atoms with Crippen LogP contribution in [-0.4, -0.2) is 11.8 Å². The largest absolute Gasteiger partial charge is 0.317 e. The number of hydrogen-bond donors (Lipinski definition) is 2. The van der Waals surface area contributed by atoms with Gasteiger partial charge in [-0.05, 0) is 59.1 Å². The van der Waals surface area contributed by atoms with Crippen molar-refractivity contribution in [3.8, 4) is 0 Å². The second-order valence-corrected chi connectivity index (χ2v) is 6.09. The minimum Gasteiger partial charge on any atom is -0.317 e. The summed E-state index contributed by atoms with van der Waals surface area (Å²) in [6, 6.07) is 10.7. The van der Waals surface area contributed by atoms with Crippen molar-refractivity contribution in [2.45, 2.75) is 13.8 Å². The van der Waals surface area contributed by atoms with E-state index in [-0.39, 0.29) is 0 Å². The lowest BCUT2D eigenvalue weighted by atomic mass is 10.1. The molecular formula is C16H14BrClN2O2. The number of aryl methyl sites for hydroxylation is 2. The van der Waals surface area contributed by atoms with Crippen molar-refractivity contribution in [1.29, 1.82) is 0 Å². The number of amides is 2. The van der Waals surface area contributed by atoms with E-state index in [1.54, 1.807) is 24.3 Å². The number of carbonyl (C=O) groups is 2. The average Bonchev–Trinajstić information content (AvgIpc) is 2.45. The summed E-state index contributed by atoms with van der Waals surface area (Å²) in [6.07, 6.45) is 0. The van der Waals surface area contributed by atoms with Crippen molar-refractivity contribution in [2.75, 3.05) is 10.6 Å². The Kier molecular flexibility index (Phi) is 5.21. The predicted molar refractivity (Wildman–Crippen MR) is 92.3 cm³/mol. The molecule has 2 amide bonds. The van der Waals surface area contributed by atoms with Crippen LogP contribution in [0.2, 0.25) is 5.02 Å². The SMILES string of the molecule is Cc1cc(C)c(NC(=O)C(=O)Nc2ccccc2Br)c(Cl)c1. The summed E-state index contributed by atoms with van der Waals surface area (Å²) < 4.78 is 0.695. The first kappa shape index (κ1) is 16.5. The summed E-state index contributed by atoms with van der Waals surface area (Å²) in [5.74, 6) is -1.53. The Balaban J connectivity index is 2.13. The molecule has 6 heteroatoms. The number of benzene rings is 2. The number of hydrogen-bond acceptors (Lipinski definition) is 2. The van der Waals surface area contributed by atoms with Gasteiger partial charge in [-0.3, -0.25) is 9.59 Å². The van der Waals surface area contributed by atoms with E-state index < -0.39 is 11.8 Å². The van der Waals surface area contributed by atoms with Gasteiger partial charge < -0.3 is 10.6 Å². The molecule has 0 fully saturated rings. The molecule has 22 heavy (non-hydrogen) atoms.